The monoisotopic (exact) mass is 599 g/mol. The second-order valence-corrected chi connectivity index (χ2v) is 12.2. The van der Waals surface area contributed by atoms with Gasteiger partial charge < -0.3 is 15.4 Å². The van der Waals surface area contributed by atoms with Crippen LogP contribution in [0.5, 0.6) is 5.75 Å². The van der Waals surface area contributed by atoms with Crippen LogP contribution in [0.1, 0.15) is 11.1 Å². The first-order chi connectivity index (χ1) is 19.2. The fourth-order valence-corrected chi connectivity index (χ4v) is 6.40. The molecule has 0 radical (unpaired) electrons. The molecular weight excluding hydrogens is 573 g/mol. The van der Waals surface area contributed by atoms with Gasteiger partial charge in [-0.25, -0.2) is 8.42 Å². The van der Waals surface area contributed by atoms with Crippen LogP contribution in [0.15, 0.2) is 83.8 Å². The van der Waals surface area contributed by atoms with Crippen molar-refractivity contribution in [3.63, 3.8) is 0 Å². The molecule has 2 N–H and O–H groups in total. The van der Waals surface area contributed by atoms with Crippen LogP contribution in [0.2, 0.25) is 10.0 Å². The number of halogens is 2. The van der Waals surface area contributed by atoms with Crippen molar-refractivity contribution in [2.75, 3.05) is 36.8 Å². The molecule has 208 valence electrons. The van der Waals surface area contributed by atoms with Gasteiger partial charge in [0.25, 0.3) is 0 Å². The summed E-state index contributed by atoms with van der Waals surface area (Å²) in [5, 5.41) is 5.41. The fraction of sp³-hybridized carbons (Fsp3) is 0.214. The summed E-state index contributed by atoms with van der Waals surface area (Å²) in [7, 11) is -3.54. The number of hydrogen-bond acceptors (Lipinski definition) is 7. The average Bonchev–Trinajstić information content (AvgIpc) is 2.93. The second kappa shape index (κ2) is 11.9. The third-order valence-electron chi connectivity index (χ3n) is 6.54. The van der Waals surface area contributed by atoms with Crippen molar-refractivity contribution >= 4 is 44.6 Å². The lowest BCUT2D eigenvalue weighted by Gasteiger charge is -2.35. The molecule has 9 nitrogen and oxygen atoms in total. The predicted octanol–water partition coefficient (Wildman–Crippen LogP) is 4.35. The first-order valence-electron chi connectivity index (χ1n) is 12.5. The van der Waals surface area contributed by atoms with Crippen LogP contribution in [0.25, 0.3) is 5.69 Å². The van der Waals surface area contributed by atoms with Gasteiger partial charge in [-0.2, -0.15) is 14.1 Å². The topological polar surface area (TPSA) is 111 Å². The Morgan fingerprint density at radius 3 is 2.23 bits per heavy atom. The Labute approximate surface area is 242 Å². The molecule has 1 aromatic heterocycles. The Kier molecular flexibility index (Phi) is 8.32. The van der Waals surface area contributed by atoms with Crippen molar-refractivity contribution < 1.29 is 13.2 Å². The molecule has 0 bridgehead atoms. The highest BCUT2D eigenvalue weighted by molar-refractivity contribution is 7.88. The molecule has 0 spiro atoms. The molecule has 2 heterocycles. The Balaban J connectivity index is 1.39. The minimum Gasteiger partial charge on any atom is -0.481 e. The Morgan fingerprint density at radius 2 is 1.55 bits per heavy atom. The highest BCUT2D eigenvalue weighted by Gasteiger charge is 2.29. The van der Waals surface area contributed by atoms with Crippen LogP contribution in [0.4, 0.5) is 11.4 Å². The summed E-state index contributed by atoms with van der Waals surface area (Å²) in [6.07, 6.45) is 1.56. The van der Waals surface area contributed by atoms with Gasteiger partial charge in [-0.3, -0.25) is 4.79 Å². The molecule has 1 fully saturated rings. The molecule has 4 aromatic rings. The largest absolute Gasteiger partial charge is 0.481 e. The smallest absolute Gasteiger partial charge is 0.316 e. The Hall–Kier alpha value is -3.57. The number of piperazine rings is 1. The van der Waals surface area contributed by atoms with Crippen LogP contribution in [-0.4, -0.2) is 48.7 Å². The van der Waals surface area contributed by atoms with Gasteiger partial charge in [-0.15, -0.1) is 0 Å². The van der Waals surface area contributed by atoms with Crippen LogP contribution in [0.3, 0.4) is 0 Å². The standard InChI is InChI=1S/C28H27Cl2N5O4S/c29-22-4-1-3-21(15-22)18-39-27-26(17-32-35(28(27)36)25-6-2-5-23(30)16-25)33-11-13-34(14-12-33)40(37,38)19-20-7-9-24(31)10-8-20/h1-10,15-17H,11-14,18-19,31H2. The molecule has 0 unspecified atom stereocenters. The number of nitrogens with zero attached hydrogens (tertiary/aromatic N) is 4. The van der Waals surface area contributed by atoms with Crippen molar-refractivity contribution in [3.05, 3.63) is 111 Å². The van der Waals surface area contributed by atoms with Gasteiger partial charge in [0.2, 0.25) is 15.8 Å². The molecule has 1 aliphatic heterocycles. The van der Waals surface area contributed by atoms with Gasteiger partial charge >= 0.3 is 5.56 Å². The SMILES string of the molecule is Nc1ccc(CS(=O)(=O)N2CCN(c3cnn(-c4cccc(Cl)c4)c(=O)c3OCc3cccc(Cl)c3)CC2)cc1. The third kappa shape index (κ3) is 6.42. The lowest BCUT2D eigenvalue weighted by Crippen LogP contribution is -2.49. The summed E-state index contributed by atoms with van der Waals surface area (Å²) in [4.78, 5) is 15.6. The number of sulfonamides is 1. The Morgan fingerprint density at radius 1 is 0.875 bits per heavy atom. The number of anilines is 2. The maximum atomic E-state index is 13.6. The predicted molar refractivity (Wildman–Crippen MR) is 158 cm³/mol. The van der Waals surface area contributed by atoms with Gasteiger partial charge in [0.05, 0.1) is 17.6 Å². The zero-order chi connectivity index (χ0) is 28.3. The molecule has 0 amide bonds. The lowest BCUT2D eigenvalue weighted by atomic mass is 10.2. The Bertz CT molecular complexity index is 1670. The van der Waals surface area contributed by atoms with E-state index in [0.717, 1.165) is 5.56 Å². The minimum absolute atomic E-state index is 0.105. The summed E-state index contributed by atoms with van der Waals surface area (Å²) < 4.78 is 35.0. The van der Waals surface area contributed by atoms with Crippen molar-refractivity contribution in [1.29, 1.82) is 0 Å². The first kappa shape index (κ1) is 28.0. The molecular formula is C28H27Cl2N5O4S. The zero-order valence-corrected chi connectivity index (χ0v) is 23.7. The van der Waals surface area contributed by atoms with Crippen LogP contribution < -0.4 is 20.9 Å². The van der Waals surface area contributed by atoms with E-state index < -0.39 is 15.6 Å². The number of hydrogen-bond donors (Lipinski definition) is 1. The summed E-state index contributed by atoms with van der Waals surface area (Å²) in [5.74, 6) is -0.00783. The molecule has 5 rings (SSSR count). The molecule has 0 atom stereocenters. The van der Waals surface area contributed by atoms with Gasteiger partial charge in [0, 0.05) is 41.9 Å². The number of nitrogens with two attached hydrogens (primary N) is 1. The summed E-state index contributed by atoms with van der Waals surface area (Å²) >= 11 is 12.3. The van der Waals surface area contributed by atoms with E-state index in [1.165, 1.54) is 8.99 Å². The molecule has 3 aromatic carbocycles. The molecule has 0 saturated carbocycles. The van der Waals surface area contributed by atoms with Crippen LogP contribution in [-0.2, 0) is 22.4 Å². The van der Waals surface area contributed by atoms with Crippen molar-refractivity contribution in [3.8, 4) is 11.4 Å². The quantitative estimate of drug-likeness (QED) is 0.300. The number of aromatic nitrogens is 2. The van der Waals surface area contributed by atoms with E-state index in [2.05, 4.69) is 5.10 Å². The number of nitrogen functional groups attached to an aromatic ring is 1. The molecule has 1 saturated heterocycles. The number of benzene rings is 3. The van der Waals surface area contributed by atoms with Gasteiger partial charge in [-0.1, -0.05) is 53.5 Å². The van der Waals surface area contributed by atoms with E-state index in [0.29, 0.717) is 45.8 Å². The van der Waals surface area contributed by atoms with E-state index in [9.17, 15) is 13.2 Å². The molecule has 0 aliphatic carbocycles. The second-order valence-electron chi connectivity index (χ2n) is 9.36. The molecule has 40 heavy (non-hydrogen) atoms. The van der Waals surface area contributed by atoms with E-state index in [4.69, 9.17) is 33.7 Å². The van der Waals surface area contributed by atoms with Crippen LogP contribution >= 0.6 is 23.2 Å². The third-order valence-corrected chi connectivity index (χ3v) is 8.86. The fourth-order valence-electron chi connectivity index (χ4n) is 4.49. The van der Waals surface area contributed by atoms with E-state index >= 15 is 0 Å². The van der Waals surface area contributed by atoms with Gasteiger partial charge in [-0.05, 0) is 53.6 Å². The summed E-state index contributed by atoms with van der Waals surface area (Å²) in [6.45, 7) is 1.33. The summed E-state index contributed by atoms with van der Waals surface area (Å²) in [5.41, 5.74) is 8.29. The maximum absolute atomic E-state index is 13.6. The van der Waals surface area contributed by atoms with Gasteiger partial charge in [0.1, 0.15) is 12.3 Å². The normalized spacial score (nSPS) is 14.3. The van der Waals surface area contributed by atoms with Crippen molar-refractivity contribution in [1.82, 2.24) is 14.1 Å². The number of rotatable bonds is 8. The lowest BCUT2D eigenvalue weighted by molar-refractivity contribution is 0.297. The van der Waals surface area contributed by atoms with Crippen molar-refractivity contribution in [2.45, 2.75) is 12.4 Å². The van der Waals surface area contributed by atoms with Crippen molar-refractivity contribution in [2.24, 2.45) is 0 Å². The van der Waals surface area contributed by atoms with Crippen LogP contribution in [0, 0.1) is 0 Å². The molecule has 12 heteroatoms. The van der Waals surface area contributed by atoms with Gasteiger partial charge in [0.15, 0.2) is 0 Å². The highest BCUT2D eigenvalue weighted by atomic mass is 35.5. The van der Waals surface area contributed by atoms with E-state index in [1.807, 2.05) is 17.0 Å². The minimum atomic E-state index is -3.54. The summed E-state index contributed by atoms with van der Waals surface area (Å²) in [6, 6.07) is 20.8. The van der Waals surface area contributed by atoms with E-state index in [-0.39, 0.29) is 31.2 Å². The van der Waals surface area contributed by atoms with E-state index in [1.54, 1.807) is 66.9 Å². The average molecular weight is 601 g/mol. The highest BCUT2D eigenvalue weighted by Crippen LogP contribution is 2.28. The maximum Gasteiger partial charge on any atom is 0.316 e. The first-order valence-corrected chi connectivity index (χ1v) is 14.9. The molecule has 1 aliphatic rings. The number of ether oxygens (including phenoxy) is 1. The zero-order valence-electron chi connectivity index (χ0n) is 21.4.